The first-order valence-electron chi connectivity index (χ1n) is 6.20. The number of aromatic nitrogens is 3. The Hall–Kier alpha value is -1.88. The van der Waals surface area contributed by atoms with Gasteiger partial charge < -0.3 is 9.88 Å². The van der Waals surface area contributed by atoms with E-state index >= 15 is 0 Å². The number of hydrogen-bond acceptors (Lipinski definition) is 4. The molecule has 0 bridgehead atoms. The molecule has 0 saturated carbocycles. The number of rotatable bonds is 3. The zero-order valence-corrected chi connectivity index (χ0v) is 12.1. The lowest BCUT2D eigenvalue weighted by Gasteiger charge is -2.18. The summed E-state index contributed by atoms with van der Waals surface area (Å²) in [5.41, 5.74) is 3.29. The number of nitrogens with zero attached hydrogens (tertiary/aromatic N) is 3. The van der Waals surface area contributed by atoms with Crippen molar-refractivity contribution < 1.29 is 0 Å². The van der Waals surface area contributed by atoms with E-state index in [-0.39, 0.29) is 0 Å². The third kappa shape index (κ3) is 2.10. The highest BCUT2D eigenvalue weighted by atomic mass is 32.1. The van der Waals surface area contributed by atoms with Crippen molar-refractivity contribution in [3.05, 3.63) is 40.0 Å². The van der Waals surface area contributed by atoms with Crippen LogP contribution in [0.3, 0.4) is 0 Å². The molecule has 98 valence electrons. The second-order valence-corrected chi connectivity index (χ2v) is 5.76. The number of anilines is 1. The van der Waals surface area contributed by atoms with Crippen LogP contribution in [0, 0.1) is 13.8 Å². The molecule has 0 aromatic carbocycles. The van der Waals surface area contributed by atoms with Gasteiger partial charge >= 0.3 is 0 Å². The predicted octanol–water partition coefficient (Wildman–Crippen LogP) is 3.27. The van der Waals surface area contributed by atoms with E-state index in [0.29, 0.717) is 0 Å². The highest BCUT2D eigenvalue weighted by Gasteiger charge is 2.14. The Balaban J connectivity index is 2.04. The lowest BCUT2D eigenvalue weighted by atomic mass is 10.2. The minimum absolute atomic E-state index is 0.868. The van der Waals surface area contributed by atoms with Crippen LogP contribution in [0.1, 0.15) is 16.1 Å². The minimum Gasteiger partial charge on any atom is -0.354 e. The SMILES string of the molecule is Cc1[nH]c2ncnc(N(C)Cc3cccs3)c2c1C. The van der Waals surface area contributed by atoms with Crippen LogP contribution in [-0.4, -0.2) is 22.0 Å². The van der Waals surface area contributed by atoms with Crippen LogP contribution in [0.4, 0.5) is 5.82 Å². The fourth-order valence-electron chi connectivity index (χ4n) is 2.28. The monoisotopic (exact) mass is 272 g/mol. The van der Waals surface area contributed by atoms with Gasteiger partial charge in [-0.25, -0.2) is 9.97 Å². The van der Waals surface area contributed by atoms with Gasteiger partial charge in [-0.1, -0.05) is 6.07 Å². The van der Waals surface area contributed by atoms with Gasteiger partial charge in [0.25, 0.3) is 0 Å². The van der Waals surface area contributed by atoms with E-state index < -0.39 is 0 Å². The molecule has 3 rings (SSSR count). The molecule has 0 spiro atoms. The maximum atomic E-state index is 4.46. The van der Waals surface area contributed by atoms with Crippen LogP contribution >= 0.6 is 11.3 Å². The van der Waals surface area contributed by atoms with E-state index in [1.807, 2.05) is 0 Å². The number of aryl methyl sites for hydroxylation is 2. The molecular weight excluding hydrogens is 256 g/mol. The average molecular weight is 272 g/mol. The zero-order chi connectivity index (χ0) is 13.4. The summed E-state index contributed by atoms with van der Waals surface area (Å²) in [6.45, 7) is 5.05. The smallest absolute Gasteiger partial charge is 0.143 e. The van der Waals surface area contributed by atoms with Crippen LogP contribution in [0.5, 0.6) is 0 Å². The van der Waals surface area contributed by atoms with Gasteiger partial charge in [-0.3, -0.25) is 0 Å². The predicted molar refractivity (Wildman–Crippen MR) is 79.8 cm³/mol. The summed E-state index contributed by atoms with van der Waals surface area (Å²) in [5, 5.41) is 3.23. The largest absolute Gasteiger partial charge is 0.354 e. The summed E-state index contributed by atoms with van der Waals surface area (Å²) < 4.78 is 0. The summed E-state index contributed by atoms with van der Waals surface area (Å²) in [4.78, 5) is 15.6. The first kappa shape index (κ1) is 12.2. The number of nitrogens with one attached hydrogen (secondary N) is 1. The molecule has 0 aliphatic rings. The van der Waals surface area contributed by atoms with Crippen molar-refractivity contribution in [1.82, 2.24) is 15.0 Å². The fraction of sp³-hybridized carbons (Fsp3) is 0.286. The van der Waals surface area contributed by atoms with Crippen LogP contribution in [0.25, 0.3) is 11.0 Å². The van der Waals surface area contributed by atoms with Crippen molar-refractivity contribution >= 4 is 28.2 Å². The Morgan fingerprint density at radius 1 is 1.32 bits per heavy atom. The molecule has 0 unspecified atom stereocenters. The topological polar surface area (TPSA) is 44.8 Å². The molecule has 1 N–H and O–H groups in total. The summed E-state index contributed by atoms with van der Waals surface area (Å²) >= 11 is 1.77. The van der Waals surface area contributed by atoms with Crippen molar-refractivity contribution in [2.45, 2.75) is 20.4 Å². The lowest BCUT2D eigenvalue weighted by molar-refractivity contribution is 0.914. The van der Waals surface area contributed by atoms with Crippen molar-refractivity contribution in [1.29, 1.82) is 0 Å². The molecular formula is C14H16N4S. The maximum Gasteiger partial charge on any atom is 0.143 e. The first-order valence-corrected chi connectivity index (χ1v) is 7.08. The van der Waals surface area contributed by atoms with Crippen LogP contribution in [-0.2, 0) is 6.54 Å². The molecule has 0 aliphatic heterocycles. The molecule has 0 radical (unpaired) electrons. The second kappa shape index (κ2) is 4.66. The van der Waals surface area contributed by atoms with Gasteiger partial charge in [0.05, 0.1) is 11.9 Å². The summed E-state index contributed by atoms with van der Waals surface area (Å²) in [6.07, 6.45) is 1.62. The normalized spacial score (nSPS) is 11.1. The van der Waals surface area contributed by atoms with Crippen LogP contribution in [0.15, 0.2) is 23.8 Å². The van der Waals surface area contributed by atoms with Gasteiger partial charge in [0, 0.05) is 17.6 Å². The van der Waals surface area contributed by atoms with E-state index in [1.54, 1.807) is 17.7 Å². The second-order valence-electron chi connectivity index (χ2n) is 4.73. The minimum atomic E-state index is 0.868. The van der Waals surface area contributed by atoms with E-state index in [1.165, 1.54) is 10.4 Å². The highest BCUT2D eigenvalue weighted by molar-refractivity contribution is 7.09. The van der Waals surface area contributed by atoms with Gasteiger partial charge in [-0.15, -0.1) is 11.3 Å². The number of hydrogen-bond donors (Lipinski definition) is 1. The van der Waals surface area contributed by atoms with Gasteiger partial charge in [0.15, 0.2) is 0 Å². The highest BCUT2D eigenvalue weighted by Crippen LogP contribution is 2.28. The Kier molecular flexibility index (Phi) is 2.98. The number of aromatic amines is 1. The fourth-order valence-corrected chi connectivity index (χ4v) is 3.03. The van der Waals surface area contributed by atoms with Crippen LogP contribution < -0.4 is 4.90 Å². The van der Waals surface area contributed by atoms with E-state index in [2.05, 4.69) is 58.3 Å². The molecule has 5 heteroatoms. The molecule has 3 heterocycles. The number of fused-ring (bicyclic) bond motifs is 1. The average Bonchev–Trinajstić information content (AvgIpc) is 2.99. The van der Waals surface area contributed by atoms with Gasteiger partial charge in [0.1, 0.15) is 17.8 Å². The van der Waals surface area contributed by atoms with Crippen molar-refractivity contribution in [2.75, 3.05) is 11.9 Å². The van der Waals surface area contributed by atoms with Crippen molar-refractivity contribution in [3.8, 4) is 0 Å². The molecule has 0 saturated heterocycles. The molecule has 4 nitrogen and oxygen atoms in total. The van der Waals surface area contributed by atoms with E-state index in [0.717, 1.165) is 29.1 Å². The van der Waals surface area contributed by atoms with Gasteiger partial charge in [-0.2, -0.15) is 0 Å². The molecule has 0 fully saturated rings. The van der Waals surface area contributed by atoms with Crippen LogP contribution in [0.2, 0.25) is 0 Å². The molecule has 3 aromatic rings. The van der Waals surface area contributed by atoms with Gasteiger partial charge in [-0.05, 0) is 30.9 Å². The molecule has 0 amide bonds. The Morgan fingerprint density at radius 2 is 2.16 bits per heavy atom. The summed E-state index contributed by atoms with van der Waals surface area (Å²) in [5.74, 6) is 0.986. The Labute approximate surface area is 116 Å². The molecule has 0 aliphatic carbocycles. The molecule has 3 aromatic heterocycles. The van der Waals surface area contributed by atoms with E-state index in [4.69, 9.17) is 0 Å². The lowest BCUT2D eigenvalue weighted by Crippen LogP contribution is -2.17. The maximum absolute atomic E-state index is 4.46. The Bertz CT molecular complexity index is 700. The number of thiophene rings is 1. The third-order valence-electron chi connectivity index (χ3n) is 3.41. The van der Waals surface area contributed by atoms with Gasteiger partial charge in [0.2, 0.25) is 0 Å². The molecule has 0 atom stereocenters. The van der Waals surface area contributed by atoms with E-state index in [9.17, 15) is 0 Å². The summed E-state index contributed by atoms with van der Waals surface area (Å²) in [6, 6.07) is 4.23. The van der Waals surface area contributed by atoms with Crippen molar-refractivity contribution in [3.63, 3.8) is 0 Å². The number of H-pyrrole nitrogens is 1. The standard InChI is InChI=1S/C14H16N4S/c1-9-10(2)17-13-12(9)14(16-8-15-13)18(3)7-11-5-4-6-19-11/h4-6,8H,7H2,1-3H3,(H,15,16,17). The summed E-state index contributed by atoms with van der Waals surface area (Å²) in [7, 11) is 2.07. The quantitative estimate of drug-likeness (QED) is 0.796. The Morgan fingerprint density at radius 3 is 2.89 bits per heavy atom. The third-order valence-corrected chi connectivity index (χ3v) is 4.27. The zero-order valence-electron chi connectivity index (χ0n) is 11.3. The van der Waals surface area contributed by atoms with Crippen molar-refractivity contribution in [2.24, 2.45) is 0 Å². The molecule has 19 heavy (non-hydrogen) atoms. The first-order chi connectivity index (χ1) is 9.16.